The second kappa shape index (κ2) is 8.75. The Kier molecular flexibility index (Phi) is 6.16. The molecule has 25 heavy (non-hydrogen) atoms. The number of hydrogen-bond donors (Lipinski definition) is 2. The second-order valence-corrected chi connectivity index (χ2v) is 6.53. The molecule has 0 radical (unpaired) electrons. The lowest BCUT2D eigenvalue weighted by Crippen LogP contribution is -2.45. The van der Waals surface area contributed by atoms with Crippen molar-refractivity contribution in [1.29, 1.82) is 0 Å². The Morgan fingerprint density at radius 2 is 1.88 bits per heavy atom. The molecule has 1 aliphatic rings. The van der Waals surface area contributed by atoms with Gasteiger partial charge in [-0.05, 0) is 34.5 Å². The highest BCUT2D eigenvalue weighted by Crippen LogP contribution is 2.23. The van der Waals surface area contributed by atoms with Gasteiger partial charge in [-0.1, -0.05) is 18.2 Å². The Morgan fingerprint density at radius 3 is 2.56 bits per heavy atom. The number of para-hydroxylation sites is 1. The zero-order valence-electron chi connectivity index (χ0n) is 13.8. The van der Waals surface area contributed by atoms with Gasteiger partial charge < -0.3 is 15.4 Å². The number of carbonyl (C=O) groups excluding carboxylic acids is 2. The number of nitrogens with one attached hydrogen (secondary N) is 2. The van der Waals surface area contributed by atoms with Crippen LogP contribution in [0.1, 0.15) is 11.6 Å². The maximum absolute atomic E-state index is 12.1. The van der Waals surface area contributed by atoms with E-state index in [4.69, 9.17) is 4.74 Å². The van der Waals surface area contributed by atoms with Crippen LogP contribution in [0, 0.1) is 0 Å². The minimum absolute atomic E-state index is 0.0450. The third-order valence-corrected chi connectivity index (χ3v) is 4.81. The molecule has 2 N–H and O–H groups in total. The summed E-state index contributed by atoms with van der Waals surface area (Å²) in [6.45, 7) is 3.38. The average Bonchev–Trinajstić information content (AvgIpc) is 3.18. The maximum Gasteiger partial charge on any atom is 0.313 e. The molecule has 3 rings (SSSR count). The Morgan fingerprint density at radius 1 is 1.12 bits per heavy atom. The first kappa shape index (κ1) is 17.6. The van der Waals surface area contributed by atoms with Crippen LogP contribution in [0.25, 0.3) is 0 Å². The third kappa shape index (κ3) is 4.88. The van der Waals surface area contributed by atoms with Gasteiger partial charge in [-0.15, -0.1) is 0 Å². The first-order valence-corrected chi connectivity index (χ1v) is 9.16. The van der Waals surface area contributed by atoms with Crippen molar-refractivity contribution in [3.05, 3.63) is 52.7 Å². The van der Waals surface area contributed by atoms with Gasteiger partial charge in [0.05, 0.1) is 19.3 Å². The molecule has 2 amide bonds. The molecule has 2 heterocycles. The SMILES string of the molecule is O=C(NCC(c1ccsc1)N1CCOCC1)C(=O)Nc1ccccc1. The molecule has 0 aliphatic carbocycles. The standard InChI is InChI=1S/C18H21N3O3S/c22-17(18(23)20-15-4-2-1-3-5-15)19-12-16(14-6-11-25-13-14)21-7-9-24-10-8-21/h1-6,11,13,16H,7-10,12H2,(H,19,22)(H,20,23). The average molecular weight is 359 g/mol. The van der Waals surface area contributed by atoms with E-state index in [9.17, 15) is 9.59 Å². The summed E-state index contributed by atoms with van der Waals surface area (Å²) in [4.78, 5) is 26.5. The van der Waals surface area contributed by atoms with Gasteiger partial charge in [0.1, 0.15) is 0 Å². The van der Waals surface area contributed by atoms with E-state index in [0.29, 0.717) is 25.4 Å². The van der Waals surface area contributed by atoms with Gasteiger partial charge in [-0.2, -0.15) is 11.3 Å². The minimum atomic E-state index is -0.655. The van der Waals surface area contributed by atoms with Gasteiger partial charge in [0, 0.05) is 25.3 Å². The predicted octanol–water partition coefficient (Wildman–Crippen LogP) is 1.88. The highest BCUT2D eigenvalue weighted by atomic mass is 32.1. The Hall–Kier alpha value is -2.22. The van der Waals surface area contributed by atoms with Gasteiger partial charge in [0.2, 0.25) is 0 Å². The van der Waals surface area contributed by atoms with Crippen molar-refractivity contribution in [2.24, 2.45) is 0 Å². The minimum Gasteiger partial charge on any atom is -0.379 e. The lowest BCUT2D eigenvalue weighted by molar-refractivity contribution is -0.136. The molecular weight excluding hydrogens is 338 g/mol. The number of ether oxygens (including phenoxy) is 1. The van der Waals surface area contributed by atoms with E-state index in [-0.39, 0.29) is 6.04 Å². The van der Waals surface area contributed by atoms with Gasteiger partial charge in [0.15, 0.2) is 0 Å². The molecule has 1 atom stereocenters. The molecule has 1 saturated heterocycles. The lowest BCUT2D eigenvalue weighted by atomic mass is 10.1. The van der Waals surface area contributed by atoms with Gasteiger partial charge in [0.25, 0.3) is 0 Å². The molecule has 0 saturated carbocycles. The fraction of sp³-hybridized carbons (Fsp3) is 0.333. The first-order chi connectivity index (χ1) is 12.2. The summed E-state index contributed by atoms with van der Waals surface area (Å²) in [6, 6.07) is 11.0. The van der Waals surface area contributed by atoms with Crippen molar-refractivity contribution >= 4 is 28.8 Å². The summed E-state index contributed by atoms with van der Waals surface area (Å²) in [5.41, 5.74) is 1.75. The molecule has 132 valence electrons. The van der Waals surface area contributed by atoms with E-state index in [1.54, 1.807) is 35.6 Å². The predicted molar refractivity (Wildman–Crippen MR) is 97.5 cm³/mol. The van der Waals surface area contributed by atoms with Crippen LogP contribution in [0.2, 0.25) is 0 Å². The number of nitrogens with zero attached hydrogens (tertiary/aromatic N) is 1. The molecule has 6 nitrogen and oxygen atoms in total. The van der Waals surface area contributed by atoms with Crippen LogP contribution in [0.3, 0.4) is 0 Å². The molecule has 1 unspecified atom stereocenters. The Balaban J connectivity index is 1.58. The summed E-state index contributed by atoms with van der Waals surface area (Å²) < 4.78 is 5.41. The van der Waals surface area contributed by atoms with Crippen molar-refractivity contribution in [2.75, 3.05) is 38.2 Å². The molecule has 2 aromatic rings. The number of hydrogen-bond acceptors (Lipinski definition) is 5. The molecule has 0 bridgehead atoms. The van der Waals surface area contributed by atoms with E-state index in [1.165, 1.54) is 0 Å². The molecular formula is C18H21N3O3S. The summed E-state index contributed by atoms with van der Waals surface area (Å²) in [7, 11) is 0. The van der Waals surface area contributed by atoms with Crippen LogP contribution in [0.4, 0.5) is 5.69 Å². The smallest absolute Gasteiger partial charge is 0.313 e. The van der Waals surface area contributed by atoms with Crippen LogP contribution in [-0.2, 0) is 14.3 Å². The number of rotatable bonds is 5. The van der Waals surface area contributed by atoms with Crippen LogP contribution in [0.5, 0.6) is 0 Å². The first-order valence-electron chi connectivity index (χ1n) is 8.22. The zero-order valence-corrected chi connectivity index (χ0v) is 14.6. The number of carbonyl (C=O) groups is 2. The molecule has 7 heteroatoms. The van der Waals surface area contributed by atoms with Crippen molar-refractivity contribution in [3.63, 3.8) is 0 Å². The lowest BCUT2D eigenvalue weighted by Gasteiger charge is -2.34. The number of amides is 2. The monoisotopic (exact) mass is 359 g/mol. The number of morpholine rings is 1. The normalized spacial score (nSPS) is 16.2. The Bertz CT molecular complexity index is 685. The highest BCUT2D eigenvalue weighted by molar-refractivity contribution is 7.08. The molecule has 1 aliphatic heterocycles. The number of benzene rings is 1. The largest absolute Gasteiger partial charge is 0.379 e. The maximum atomic E-state index is 12.1. The van der Waals surface area contributed by atoms with Crippen LogP contribution in [-0.4, -0.2) is 49.6 Å². The van der Waals surface area contributed by atoms with Crippen molar-refractivity contribution in [3.8, 4) is 0 Å². The fourth-order valence-corrected chi connectivity index (χ4v) is 3.50. The van der Waals surface area contributed by atoms with Crippen LogP contribution in [0.15, 0.2) is 47.2 Å². The number of anilines is 1. The summed E-state index contributed by atoms with van der Waals surface area (Å²) in [5, 5.41) is 9.46. The molecule has 1 aromatic carbocycles. The zero-order chi connectivity index (χ0) is 17.5. The fourth-order valence-electron chi connectivity index (χ4n) is 2.79. The van der Waals surface area contributed by atoms with Crippen LogP contribution >= 0.6 is 11.3 Å². The van der Waals surface area contributed by atoms with Gasteiger partial charge >= 0.3 is 11.8 Å². The third-order valence-electron chi connectivity index (χ3n) is 4.11. The van der Waals surface area contributed by atoms with Gasteiger partial charge in [-0.3, -0.25) is 14.5 Å². The van der Waals surface area contributed by atoms with Gasteiger partial charge in [-0.25, -0.2) is 0 Å². The summed E-state index contributed by atoms with van der Waals surface area (Å²) in [5.74, 6) is -1.28. The second-order valence-electron chi connectivity index (χ2n) is 5.75. The van der Waals surface area contributed by atoms with Crippen molar-refractivity contribution < 1.29 is 14.3 Å². The molecule has 0 spiro atoms. The van der Waals surface area contributed by atoms with E-state index >= 15 is 0 Å². The topological polar surface area (TPSA) is 70.7 Å². The summed E-state index contributed by atoms with van der Waals surface area (Å²) in [6.07, 6.45) is 0. The van der Waals surface area contributed by atoms with E-state index in [0.717, 1.165) is 18.7 Å². The quantitative estimate of drug-likeness (QED) is 0.800. The van der Waals surface area contributed by atoms with Crippen molar-refractivity contribution in [1.82, 2.24) is 10.2 Å². The van der Waals surface area contributed by atoms with Crippen LogP contribution < -0.4 is 10.6 Å². The van der Waals surface area contributed by atoms with E-state index in [1.807, 2.05) is 11.4 Å². The molecule has 1 fully saturated rings. The van der Waals surface area contributed by atoms with E-state index < -0.39 is 11.8 Å². The summed E-state index contributed by atoms with van der Waals surface area (Å²) >= 11 is 1.62. The molecule has 1 aromatic heterocycles. The number of thiophene rings is 1. The van der Waals surface area contributed by atoms with Crippen molar-refractivity contribution in [2.45, 2.75) is 6.04 Å². The Labute approximate surface area is 150 Å². The van der Waals surface area contributed by atoms with E-state index in [2.05, 4.69) is 27.0 Å². The highest BCUT2D eigenvalue weighted by Gasteiger charge is 2.24.